The van der Waals surface area contributed by atoms with Gasteiger partial charge in [-0.05, 0) is 30.4 Å². The minimum absolute atomic E-state index is 0.279. The highest BCUT2D eigenvalue weighted by atomic mass is 32.1. The Bertz CT molecular complexity index is 806. The average molecular weight is 316 g/mol. The van der Waals surface area contributed by atoms with Crippen LogP contribution in [-0.4, -0.2) is 22.7 Å². The van der Waals surface area contributed by atoms with Gasteiger partial charge >= 0.3 is 5.97 Å². The van der Waals surface area contributed by atoms with E-state index in [0.717, 1.165) is 4.88 Å². The van der Waals surface area contributed by atoms with Gasteiger partial charge in [-0.2, -0.15) is 0 Å². The molecule has 3 aromatic rings. The number of carbonyl (C=O) groups is 1. The highest BCUT2D eigenvalue weighted by molar-refractivity contribution is 7.13. The number of thiophene rings is 1. The van der Waals surface area contributed by atoms with E-state index in [1.807, 2.05) is 31.4 Å². The number of hydrogen-bond donors (Lipinski definition) is 0. The summed E-state index contributed by atoms with van der Waals surface area (Å²) in [6.07, 6.45) is 0. The molecule has 3 heterocycles. The second kappa shape index (κ2) is 5.88. The molecule has 6 heteroatoms. The van der Waals surface area contributed by atoms with Crippen LogP contribution in [0.15, 0.2) is 28.1 Å². The fourth-order valence-electron chi connectivity index (χ4n) is 2.13. The monoisotopic (exact) mass is 316 g/mol. The van der Waals surface area contributed by atoms with Crippen LogP contribution in [0, 0.1) is 12.8 Å². The van der Waals surface area contributed by atoms with Crippen LogP contribution in [0.2, 0.25) is 0 Å². The number of aromatic nitrogens is 2. The summed E-state index contributed by atoms with van der Waals surface area (Å²) in [5.74, 6) is -0.0909. The highest BCUT2D eigenvalue weighted by Crippen LogP contribution is 2.29. The summed E-state index contributed by atoms with van der Waals surface area (Å²) in [4.78, 5) is 17.8. The van der Waals surface area contributed by atoms with Crippen molar-refractivity contribution in [3.63, 3.8) is 0 Å². The number of aryl methyl sites for hydroxylation is 1. The van der Waals surface area contributed by atoms with Gasteiger partial charge < -0.3 is 9.26 Å². The Morgan fingerprint density at radius 2 is 2.27 bits per heavy atom. The number of nitrogens with zero attached hydrogens (tertiary/aromatic N) is 2. The van der Waals surface area contributed by atoms with Crippen molar-refractivity contribution in [3.8, 4) is 10.6 Å². The third-order valence-corrected chi connectivity index (χ3v) is 4.05. The van der Waals surface area contributed by atoms with E-state index in [4.69, 9.17) is 9.26 Å². The van der Waals surface area contributed by atoms with Crippen molar-refractivity contribution in [1.29, 1.82) is 0 Å². The third kappa shape index (κ3) is 2.74. The van der Waals surface area contributed by atoms with E-state index in [0.29, 0.717) is 34.7 Å². The molecule has 0 saturated heterocycles. The van der Waals surface area contributed by atoms with Gasteiger partial charge in [-0.3, -0.25) is 0 Å². The minimum Gasteiger partial charge on any atom is -0.462 e. The quantitative estimate of drug-likeness (QED) is 0.679. The molecule has 3 aromatic heterocycles. The molecule has 0 spiro atoms. The largest absolute Gasteiger partial charge is 0.462 e. The molecule has 0 unspecified atom stereocenters. The Kier molecular flexibility index (Phi) is 3.94. The lowest BCUT2D eigenvalue weighted by Gasteiger charge is -2.08. The molecule has 3 rings (SSSR count). The van der Waals surface area contributed by atoms with Crippen LogP contribution in [-0.2, 0) is 4.74 Å². The molecule has 0 aliphatic carbocycles. The molecule has 114 valence electrons. The number of ether oxygens (including phenoxy) is 1. The molecule has 0 aliphatic rings. The Hall–Kier alpha value is -2.21. The Morgan fingerprint density at radius 3 is 2.95 bits per heavy atom. The molecule has 0 saturated carbocycles. The first-order valence-electron chi connectivity index (χ1n) is 7.04. The molecule has 0 radical (unpaired) electrons. The lowest BCUT2D eigenvalue weighted by molar-refractivity contribution is 0.0461. The van der Waals surface area contributed by atoms with Gasteiger partial charge in [-0.15, -0.1) is 11.3 Å². The summed E-state index contributed by atoms with van der Waals surface area (Å²) >= 11 is 1.55. The van der Waals surface area contributed by atoms with E-state index >= 15 is 0 Å². The molecular formula is C16H16N2O3S. The predicted molar refractivity (Wildman–Crippen MR) is 85.0 cm³/mol. The zero-order chi connectivity index (χ0) is 15.7. The van der Waals surface area contributed by atoms with Crippen molar-refractivity contribution >= 4 is 28.4 Å². The van der Waals surface area contributed by atoms with Crippen LogP contribution in [0.1, 0.15) is 29.9 Å². The first kappa shape index (κ1) is 14.7. The Morgan fingerprint density at radius 1 is 1.45 bits per heavy atom. The lowest BCUT2D eigenvalue weighted by atomic mass is 10.1. The normalized spacial score (nSPS) is 11.3. The van der Waals surface area contributed by atoms with Crippen LogP contribution >= 0.6 is 11.3 Å². The highest BCUT2D eigenvalue weighted by Gasteiger charge is 2.20. The van der Waals surface area contributed by atoms with Gasteiger partial charge in [0.2, 0.25) is 0 Å². The van der Waals surface area contributed by atoms with Crippen LogP contribution in [0.25, 0.3) is 21.7 Å². The van der Waals surface area contributed by atoms with Crippen LogP contribution < -0.4 is 0 Å². The lowest BCUT2D eigenvalue weighted by Crippen LogP contribution is -2.11. The standard InChI is InChI=1S/C16H16N2O3S/c1-9(2)8-20-16(19)11-7-12(13-5-4-6-22-13)17-15-14(11)10(3)18-21-15/h4-7,9H,8H2,1-3H3. The van der Waals surface area contributed by atoms with Gasteiger partial charge in [0.05, 0.1) is 33.8 Å². The summed E-state index contributed by atoms with van der Waals surface area (Å²) in [5, 5.41) is 6.50. The van der Waals surface area contributed by atoms with Gasteiger partial charge in [0.25, 0.3) is 5.71 Å². The molecule has 0 N–H and O–H groups in total. The van der Waals surface area contributed by atoms with E-state index in [-0.39, 0.29) is 11.9 Å². The van der Waals surface area contributed by atoms with Crippen molar-refractivity contribution in [2.45, 2.75) is 20.8 Å². The van der Waals surface area contributed by atoms with Crippen LogP contribution in [0.5, 0.6) is 0 Å². The summed E-state index contributed by atoms with van der Waals surface area (Å²) in [6.45, 7) is 6.16. The van der Waals surface area contributed by atoms with E-state index in [1.165, 1.54) is 0 Å². The van der Waals surface area contributed by atoms with Gasteiger partial charge in [0.1, 0.15) is 0 Å². The first-order valence-corrected chi connectivity index (χ1v) is 7.92. The van der Waals surface area contributed by atoms with Crippen LogP contribution in [0.4, 0.5) is 0 Å². The molecular weight excluding hydrogens is 300 g/mol. The maximum Gasteiger partial charge on any atom is 0.339 e. The third-order valence-electron chi connectivity index (χ3n) is 3.16. The van der Waals surface area contributed by atoms with Crippen molar-refractivity contribution in [1.82, 2.24) is 10.1 Å². The molecule has 0 bridgehead atoms. The van der Waals surface area contributed by atoms with Crippen molar-refractivity contribution in [3.05, 3.63) is 34.8 Å². The topological polar surface area (TPSA) is 65.2 Å². The van der Waals surface area contributed by atoms with Crippen molar-refractivity contribution < 1.29 is 14.1 Å². The summed E-state index contributed by atoms with van der Waals surface area (Å²) < 4.78 is 10.6. The average Bonchev–Trinajstić information content (AvgIpc) is 3.14. The first-order chi connectivity index (χ1) is 10.6. The van der Waals surface area contributed by atoms with Crippen molar-refractivity contribution in [2.24, 2.45) is 5.92 Å². The van der Waals surface area contributed by atoms with Gasteiger partial charge in [-0.1, -0.05) is 25.1 Å². The molecule has 0 aromatic carbocycles. The van der Waals surface area contributed by atoms with E-state index < -0.39 is 0 Å². The van der Waals surface area contributed by atoms with Gasteiger partial charge in [0.15, 0.2) is 0 Å². The summed E-state index contributed by atoms with van der Waals surface area (Å²) in [6, 6.07) is 5.64. The molecule has 0 aliphatic heterocycles. The minimum atomic E-state index is -0.370. The predicted octanol–water partition coefficient (Wildman–Crippen LogP) is 4.07. The summed E-state index contributed by atoms with van der Waals surface area (Å²) in [7, 11) is 0. The number of esters is 1. The fourth-order valence-corrected chi connectivity index (χ4v) is 2.81. The van der Waals surface area contributed by atoms with Gasteiger partial charge in [0, 0.05) is 0 Å². The summed E-state index contributed by atoms with van der Waals surface area (Å²) in [5.41, 5.74) is 2.14. The zero-order valence-electron chi connectivity index (χ0n) is 12.6. The second-order valence-electron chi connectivity index (χ2n) is 5.47. The van der Waals surface area contributed by atoms with E-state index in [1.54, 1.807) is 24.3 Å². The van der Waals surface area contributed by atoms with Gasteiger partial charge in [-0.25, -0.2) is 9.78 Å². The zero-order valence-corrected chi connectivity index (χ0v) is 13.4. The maximum atomic E-state index is 12.4. The van der Waals surface area contributed by atoms with E-state index in [2.05, 4.69) is 10.1 Å². The molecule has 0 fully saturated rings. The number of pyridine rings is 1. The Balaban J connectivity index is 2.09. The molecule has 0 amide bonds. The van der Waals surface area contributed by atoms with E-state index in [9.17, 15) is 4.79 Å². The fraction of sp³-hybridized carbons (Fsp3) is 0.312. The molecule has 22 heavy (non-hydrogen) atoms. The second-order valence-corrected chi connectivity index (χ2v) is 6.42. The molecule has 0 atom stereocenters. The molecule has 5 nitrogen and oxygen atoms in total. The van der Waals surface area contributed by atoms with Crippen LogP contribution in [0.3, 0.4) is 0 Å². The Labute approximate surface area is 131 Å². The number of rotatable bonds is 4. The maximum absolute atomic E-state index is 12.4. The number of fused-ring (bicyclic) bond motifs is 1. The number of hydrogen-bond acceptors (Lipinski definition) is 6. The SMILES string of the molecule is Cc1noc2nc(-c3cccs3)cc(C(=O)OCC(C)C)c12. The number of carbonyl (C=O) groups excluding carboxylic acids is 1. The smallest absolute Gasteiger partial charge is 0.339 e. The van der Waals surface area contributed by atoms with Crippen molar-refractivity contribution in [2.75, 3.05) is 6.61 Å².